The number of rotatable bonds is 6. The molecule has 0 aliphatic heterocycles. The number of carbonyl (C=O) groups excluding carboxylic acids is 1. The zero-order chi connectivity index (χ0) is 17.7. The maximum Gasteiger partial charge on any atom is 0.422 e. The quantitative estimate of drug-likeness (QED) is 0.845. The van der Waals surface area contributed by atoms with E-state index in [1.165, 1.54) is 18.3 Å². The second kappa shape index (κ2) is 7.33. The molecule has 2 N–H and O–H groups in total. The highest BCUT2D eigenvalue weighted by atomic mass is 19.4. The number of halogens is 3. The smallest absolute Gasteiger partial charge is 0.422 e. The predicted octanol–water partition coefficient (Wildman–Crippen LogP) is 3.20. The Morgan fingerprint density at radius 2 is 2.12 bits per heavy atom. The summed E-state index contributed by atoms with van der Waals surface area (Å²) in [5.74, 6) is -0.189. The summed E-state index contributed by atoms with van der Waals surface area (Å²) in [5.41, 5.74) is 1.40. The highest BCUT2D eigenvalue weighted by Crippen LogP contribution is 2.18. The van der Waals surface area contributed by atoms with Crippen LogP contribution in [0.3, 0.4) is 0 Å². The summed E-state index contributed by atoms with van der Waals surface area (Å²) in [6, 6.07) is 4.30. The predicted molar refractivity (Wildman–Crippen MR) is 80.9 cm³/mol. The van der Waals surface area contributed by atoms with E-state index in [1.807, 2.05) is 0 Å². The first kappa shape index (κ1) is 17.8. The average molecular weight is 342 g/mol. The lowest BCUT2D eigenvalue weighted by atomic mass is 10.1. The first-order valence-electron chi connectivity index (χ1n) is 7.24. The third kappa shape index (κ3) is 5.56. The fourth-order valence-corrected chi connectivity index (χ4v) is 1.91. The lowest BCUT2D eigenvalue weighted by Gasteiger charge is -2.08. The number of aromatic nitrogens is 3. The zero-order valence-corrected chi connectivity index (χ0v) is 13.1. The number of amides is 1. The van der Waals surface area contributed by atoms with Crippen molar-refractivity contribution < 1.29 is 22.7 Å². The molecular weight excluding hydrogens is 325 g/mol. The van der Waals surface area contributed by atoms with E-state index in [0.29, 0.717) is 11.6 Å². The number of anilines is 1. The Morgan fingerprint density at radius 3 is 2.71 bits per heavy atom. The van der Waals surface area contributed by atoms with Crippen LogP contribution in [-0.4, -0.2) is 33.9 Å². The third-order valence-corrected chi connectivity index (χ3v) is 2.87. The number of carbonyl (C=O) groups is 1. The van der Waals surface area contributed by atoms with Gasteiger partial charge in [0.1, 0.15) is 0 Å². The second-order valence-electron chi connectivity index (χ2n) is 5.62. The Balaban J connectivity index is 1.93. The Labute approximate surface area is 136 Å². The topological polar surface area (TPSA) is 79.9 Å². The van der Waals surface area contributed by atoms with Gasteiger partial charge < -0.3 is 10.1 Å². The largest absolute Gasteiger partial charge is 0.468 e. The van der Waals surface area contributed by atoms with Gasteiger partial charge in [-0.1, -0.05) is 13.8 Å². The van der Waals surface area contributed by atoms with Crippen molar-refractivity contribution in [1.29, 1.82) is 0 Å². The van der Waals surface area contributed by atoms with Gasteiger partial charge in [-0.2, -0.15) is 18.3 Å². The number of pyridine rings is 1. The standard InChI is InChI=1S/C15H17F3N4O2/c1-9(2)5-11-6-12(22-21-11)14(23)20-10-3-4-13(19-7-10)24-8-15(16,17)18/h3-4,6-7,9H,5,8H2,1-2H3,(H,20,23)(H,21,22). The molecule has 0 saturated heterocycles. The summed E-state index contributed by atoms with van der Waals surface area (Å²) in [5, 5.41) is 9.29. The van der Waals surface area contributed by atoms with Gasteiger partial charge in [-0.3, -0.25) is 9.89 Å². The summed E-state index contributed by atoms with van der Waals surface area (Å²) in [6.45, 7) is 2.68. The van der Waals surface area contributed by atoms with E-state index in [4.69, 9.17) is 0 Å². The number of nitrogens with zero attached hydrogens (tertiary/aromatic N) is 2. The van der Waals surface area contributed by atoms with E-state index in [2.05, 4.69) is 39.1 Å². The molecule has 0 aliphatic rings. The van der Waals surface area contributed by atoms with Crippen LogP contribution in [0.15, 0.2) is 24.4 Å². The normalized spacial score (nSPS) is 11.6. The highest BCUT2D eigenvalue weighted by Gasteiger charge is 2.28. The van der Waals surface area contributed by atoms with Crippen LogP contribution in [0.1, 0.15) is 30.0 Å². The van der Waals surface area contributed by atoms with E-state index in [0.717, 1.165) is 12.1 Å². The molecule has 0 spiro atoms. The van der Waals surface area contributed by atoms with Gasteiger partial charge in [-0.15, -0.1) is 0 Å². The van der Waals surface area contributed by atoms with Gasteiger partial charge in [-0.25, -0.2) is 4.98 Å². The maximum atomic E-state index is 12.1. The van der Waals surface area contributed by atoms with Gasteiger partial charge >= 0.3 is 6.18 Å². The molecule has 1 amide bonds. The van der Waals surface area contributed by atoms with Gasteiger partial charge in [0.2, 0.25) is 5.88 Å². The van der Waals surface area contributed by atoms with Crippen molar-refractivity contribution in [2.24, 2.45) is 5.92 Å². The molecule has 2 heterocycles. The molecule has 0 atom stereocenters. The third-order valence-electron chi connectivity index (χ3n) is 2.87. The minimum absolute atomic E-state index is 0.177. The Hall–Kier alpha value is -2.58. The van der Waals surface area contributed by atoms with Gasteiger partial charge in [0.05, 0.1) is 11.9 Å². The fourth-order valence-electron chi connectivity index (χ4n) is 1.91. The van der Waals surface area contributed by atoms with Gasteiger partial charge in [0.15, 0.2) is 12.3 Å². The Bertz CT molecular complexity index is 681. The van der Waals surface area contributed by atoms with E-state index >= 15 is 0 Å². The number of nitrogens with one attached hydrogen (secondary N) is 2. The van der Waals surface area contributed by atoms with Crippen LogP contribution in [0.2, 0.25) is 0 Å². The summed E-state index contributed by atoms with van der Waals surface area (Å²) in [6.07, 6.45) is -2.44. The van der Waals surface area contributed by atoms with E-state index in [-0.39, 0.29) is 11.6 Å². The number of hydrogen-bond acceptors (Lipinski definition) is 4. The number of ether oxygens (including phenoxy) is 1. The van der Waals surface area contributed by atoms with Crippen LogP contribution in [0.4, 0.5) is 18.9 Å². The SMILES string of the molecule is CC(C)Cc1cc(C(=O)Nc2ccc(OCC(F)(F)F)nc2)n[nH]1. The molecule has 0 fully saturated rings. The molecule has 2 aromatic heterocycles. The summed E-state index contributed by atoms with van der Waals surface area (Å²) in [7, 11) is 0. The summed E-state index contributed by atoms with van der Waals surface area (Å²) in [4.78, 5) is 15.8. The molecule has 130 valence electrons. The van der Waals surface area contributed by atoms with Gasteiger partial charge in [0, 0.05) is 11.8 Å². The van der Waals surface area contributed by atoms with E-state index < -0.39 is 18.7 Å². The molecule has 0 bridgehead atoms. The van der Waals surface area contributed by atoms with Gasteiger partial charge in [-0.05, 0) is 24.5 Å². The van der Waals surface area contributed by atoms with Crippen LogP contribution in [0.25, 0.3) is 0 Å². The maximum absolute atomic E-state index is 12.1. The van der Waals surface area contributed by atoms with Crippen molar-refractivity contribution in [3.63, 3.8) is 0 Å². The lowest BCUT2D eigenvalue weighted by molar-refractivity contribution is -0.154. The zero-order valence-electron chi connectivity index (χ0n) is 13.1. The first-order valence-corrected chi connectivity index (χ1v) is 7.24. The Kier molecular flexibility index (Phi) is 5.42. The number of H-pyrrole nitrogens is 1. The van der Waals surface area contributed by atoms with Crippen LogP contribution in [0.5, 0.6) is 5.88 Å². The molecule has 0 aromatic carbocycles. The number of alkyl halides is 3. The van der Waals surface area contributed by atoms with E-state index in [9.17, 15) is 18.0 Å². The first-order chi connectivity index (χ1) is 11.2. The van der Waals surface area contributed by atoms with Crippen LogP contribution in [0, 0.1) is 5.92 Å². The summed E-state index contributed by atoms with van der Waals surface area (Å²) >= 11 is 0. The average Bonchev–Trinajstić information content (AvgIpc) is 2.93. The molecular formula is C15H17F3N4O2. The molecule has 0 saturated carbocycles. The lowest BCUT2D eigenvalue weighted by Crippen LogP contribution is -2.19. The molecule has 2 rings (SSSR count). The minimum atomic E-state index is -4.43. The minimum Gasteiger partial charge on any atom is -0.468 e. The van der Waals surface area contributed by atoms with E-state index in [1.54, 1.807) is 6.07 Å². The molecule has 0 radical (unpaired) electrons. The van der Waals surface area contributed by atoms with Crippen molar-refractivity contribution in [2.45, 2.75) is 26.4 Å². The van der Waals surface area contributed by atoms with Crippen LogP contribution in [-0.2, 0) is 6.42 Å². The molecule has 6 nitrogen and oxygen atoms in total. The number of aromatic amines is 1. The van der Waals surface area contributed by atoms with Crippen molar-refractivity contribution >= 4 is 11.6 Å². The second-order valence-corrected chi connectivity index (χ2v) is 5.62. The van der Waals surface area contributed by atoms with Crippen molar-refractivity contribution in [1.82, 2.24) is 15.2 Å². The monoisotopic (exact) mass is 342 g/mol. The molecule has 24 heavy (non-hydrogen) atoms. The van der Waals surface area contributed by atoms with Gasteiger partial charge in [0.25, 0.3) is 5.91 Å². The molecule has 0 aliphatic carbocycles. The van der Waals surface area contributed by atoms with Crippen LogP contribution < -0.4 is 10.1 Å². The highest BCUT2D eigenvalue weighted by molar-refractivity contribution is 6.02. The van der Waals surface area contributed by atoms with Crippen molar-refractivity contribution in [2.75, 3.05) is 11.9 Å². The molecule has 9 heteroatoms. The fraction of sp³-hybridized carbons (Fsp3) is 0.400. The Morgan fingerprint density at radius 1 is 1.38 bits per heavy atom. The molecule has 0 unspecified atom stereocenters. The summed E-state index contributed by atoms with van der Waals surface area (Å²) < 4.78 is 40.6. The molecule has 2 aromatic rings. The number of hydrogen-bond donors (Lipinski definition) is 2. The van der Waals surface area contributed by atoms with Crippen molar-refractivity contribution in [3.8, 4) is 5.88 Å². The van der Waals surface area contributed by atoms with Crippen molar-refractivity contribution in [3.05, 3.63) is 35.8 Å². The van der Waals surface area contributed by atoms with Crippen LogP contribution >= 0.6 is 0 Å².